The molecule has 0 N–H and O–H groups in total. The molecule has 3 aromatic rings. The second kappa shape index (κ2) is 9.59. The number of nitriles is 1. The predicted molar refractivity (Wildman–Crippen MR) is 115 cm³/mol. The van der Waals surface area contributed by atoms with Crippen molar-refractivity contribution in [1.29, 1.82) is 5.26 Å². The maximum absolute atomic E-state index is 13.1. The van der Waals surface area contributed by atoms with Gasteiger partial charge in [0.1, 0.15) is 0 Å². The number of carbonyl (C=O) groups is 1. The Morgan fingerprint density at radius 3 is 2.76 bits per heavy atom. The molecular formula is C21H19ClN4O2S. The fourth-order valence-corrected chi connectivity index (χ4v) is 3.87. The average Bonchev–Trinajstić information content (AvgIpc) is 2.73. The highest BCUT2D eigenvalue weighted by molar-refractivity contribution is 7.99. The second-order valence-corrected chi connectivity index (χ2v) is 7.82. The van der Waals surface area contributed by atoms with E-state index in [0.29, 0.717) is 34.2 Å². The van der Waals surface area contributed by atoms with Crippen molar-refractivity contribution < 1.29 is 4.79 Å². The van der Waals surface area contributed by atoms with Crippen molar-refractivity contribution in [2.24, 2.45) is 0 Å². The highest BCUT2D eigenvalue weighted by Gasteiger charge is 2.16. The lowest BCUT2D eigenvalue weighted by Gasteiger charge is -2.16. The fraction of sp³-hybridized carbons (Fsp3) is 0.238. The van der Waals surface area contributed by atoms with Crippen molar-refractivity contribution in [3.05, 3.63) is 69.5 Å². The Bertz CT molecular complexity index is 1130. The normalized spacial score (nSPS) is 10.7. The smallest absolute Gasteiger partial charge is 0.262 e. The summed E-state index contributed by atoms with van der Waals surface area (Å²) in [6, 6.07) is 16.6. The molecule has 0 unspecified atom stereocenters. The van der Waals surface area contributed by atoms with Gasteiger partial charge in [0.05, 0.1) is 35.7 Å². The molecule has 0 spiro atoms. The van der Waals surface area contributed by atoms with Gasteiger partial charge in [-0.25, -0.2) is 4.98 Å². The van der Waals surface area contributed by atoms with Crippen LogP contribution >= 0.6 is 23.4 Å². The Hall–Kier alpha value is -2.82. The lowest BCUT2D eigenvalue weighted by Crippen LogP contribution is -2.30. The molecule has 0 saturated carbocycles. The number of hydrogen-bond acceptors (Lipinski definition) is 5. The molecule has 0 fully saturated rings. The zero-order valence-corrected chi connectivity index (χ0v) is 17.4. The molecular weight excluding hydrogens is 408 g/mol. The molecule has 1 aromatic heterocycles. The van der Waals surface area contributed by atoms with Gasteiger partial charge in [0.2, 0.25) is 5.91 Å². The highest BCUT2D eigenvalue weighted by atomic mass is 35.5. The van der Waals surface area contributed by atoms with Gasteiger partial charge in [-0.05, 0) is 23.8 Å². The SMILES string of the molecule is CN(CCC#N)C(=O)CSc1nc2cc(Cl)ccc2c(=O)n1Cc1ccccc1. The van der Waals surface area contributed by atoms with Crippen LogP contribution in [-0.4, -0.2) is 39.7 Å². The lowest BCUT2D eigenvalue weighted by atomic mass is 10.2. The largest absolute Gasteiger partial charge is 0.344 e. The van der Waals surface area contributed by atoms with E-state index in [-0.39, 0.29) is 23.6 Å². The summed E-state index contributed by atoms with van der Waals surface area (Å²) < 4.78 is 1.58. The highest BCUT2D eigenvalue weighted by Crippen LogP contribution is 2.21. The van der Waals surface area contributed by atoms with Gasteiger partial charge < -0.3 is 4.90 Å². The molecule has 148 valence electrons. The van der Waals surface area contributed by atoms with E-state index < -0.39 is 0 Å². The first-order valence-electron chi connectivity index (χ1n) is 8.97. The molecule has 6 nitrogen and oxygen atoms in total. The van der Waals surface area contributed by atoms with Crippen LogP contribution < -0.4 is 5.56 Å². The van der Waals surface area contributed by atoms with Crippen LogP contribution in [0.2, 0.25) is 5.02 Å². The third kappa shape index (κ3) is 5.17. The van der Waals surface area contributed by atoms with Gasteiger partial charge >= 0.3 is 0 Å². The Labute approximate surface area is 177 Å². The molecule has 0 radical (unpaired) electrons. The first-order chi connectivity index (χ1) is 14.0. The van der Waals surface area contributed by atoms with Gasteiger partial charge in [-0.2, -0.15) is 5.26 Å². The van der Waals surface area contributed by atoms with Crippen LogP contribution in [0, 0.1) is 11.3 Å². The van der Waals surface area contributed by atoms with Crippen LogP contribution in [0.4, 0.5) is 0 Å². The zero-order valence-electron chi connectivity index (χ0n) is 15.8. The number of aromatic nitrogens is 2. The van der Waals surface area contributed by atoms with Crippen LogP contribution in [0.5, 0.6) is 0 Å². The lowest BCUT2D eigenvalue weighted by molar-refractivity contribution is -0.127. The summed E-state index contributed by atoms with van der Waals surface area (Å²) in [7, 11) is 1.66. The van der Waals surface area contributed by atoms with Crippen LogP contribution in [0.1, 0.15) is 12.0 Å². The van der Waals surface area contributed by atoms with Gasteiger partial charge in [0, 0.05) is 18.6 Å². The van der Waals surface area contributed by atoms with Crippen LogP contribution in [0.3, 0.4) is 0 Å². The quantitative estimate of drug-likeness (QED) is 0.426. The molecule has 0 aliphatic carbocycles. The number of benzene rings is 2. The van der Waals surface area contributed by atoms with E-state index in [1.807, 2.05) is 36.4 Å². The number of halogens is 1. The van der Waals surface area contributed by atoms with Crippen molar-refractivity contribution in [1.82, 2.24) is 14.5 Å². The summed E-state index contributed by atoms with van der Waals surface area (Å²) in [6.07, 6.45) is 0.276. The monoisotopic (exact) mass is 426 g/mol. The van der Waals surface area contributed by atoms with Crippen LogP contribution in [0.15, 0.2) is 58.5 Å². The number of thioether (sulfide) groups is 1. The van der Waals surface area contributed by atoms with Gasteiger partial charge in [0.15, 0.2) is 5.16 Å². The molecule has 1 heterocycles. The maximum atomic E-state index is 13.1. The Kier molecular flexibility index (Phi) is 6.91. The number of hydrogen-bond donors (Lipinski definition) is 0. The van der Waals surface area contributed by atoms with Crippen molar-refractivity contribution in [2.75, 3.05) is 19.3 Å². The number of fused-ring (bicyclic) bond motifs is 1. The van der Waals surface area contributed by atoms with Crippen molar-refractivity contribution >= 4 is 40.2 Å². The maximum Gasteiger partial charge on any atom is 0.262 e. The Morgan fingerprint density at radius 2 is 2.03 bits per heavy atom. The number of amides is 1. The van der Waals surface area contributed by atoms with E-state index in [4.69, 9.17) is 16.9 Å². The summed E-state index contributed by atoms with van der Waals surface area (Å²) in [6.45, 7) is 0.722. The van der Waals surface area contributed by atoms with E-state index in [1.165, 1.54) is 16.7 Å². The first kappa shape index (κ1) is 20.9. The summed E-state index contributed by atoms with van der Waals surface area (Å²) in [5.41, 5.74) is 1.28. The molecule has 0 aliphatic rings. The second-order valence-electron chi connectivity index (χ2n) is 6.44. The Balaban J connectivity index is 1.95. The van der Waals surface area contributed by atoms with Crippen molar-refractivity contribution in [3.63, 3.8) is 0 Å². The van der Waals surface area contributed by atoms with Crippen LogP contribution in [-0.2, 0) is 11.3 Å². The predicted octanol–water partition coefficient (Wildman–Crippen LogP) is 3.56. The summed E-state index contributed by atoms with van der Waals surface area (Å²) in [5, 5.41) is 10.1. The molecule has 0 bridgehead atoms. The summed E-state index contributed by atoms with van der Waals surface area (Å²) in [4.78, 5) is 31.6. The summed E-state index contributed by atoms with van der Waals surface area (Å²) >= 11 is 7.27. The minimum atomic E-state index is -0.177. The third-order valence-corrected chi connectivity index (χ3v) is 5.57. The van der Waals surface area contributed by atoms with Crippen molar-refractivity contribution in [3.8, 4) is 6.07 Å². The zero-order chi connectivity index (χ0) is 20.8. The van der Waals surface area contributed by atoms with E-state index in [1.54, 1.807) is 29.8 Å². The minimum absolute atomic E-state index is 0.120. The molecule has 0 atom stereocenters. The van der Waals surface area contributed by atoms with Gasteiger partial charge in [-0.3, -0.25) is 14.2 Å². The molecule has 2 aromatic carbocycles. The standard InChI is InChI=1S/C21H19ClN4O2S/c1-25(11-5-10-23)19(27)14-29-21-24-18-12-16(22)8-9-17(18)20(28)26(21)13-15-6-3-2-4-7-15/h2-4,6-9,12H,5,11,13-14H2,1H3. The topological polar surface area (TPSA) is 79.0 Å². The molecule has 3 rings (SSSR count). The first-order valence-corrected chi connectivity index (χ1v) is 10.3. The van der Waals surface area contributed by atoms with E-state index in [9.17, 15) is 9.59 Å². The van der Waals surface area contributed by atoms with Gasteiger partial charge in [-0.1, -0.05) is 53.7 Å². The number of nitrogens with zero attached hydrogens (tertiary/aromatic N) is 4. The van der Waals surface area contributed by atoms with E-state index in [2.05, 4.69) is 4.98 Å². The molecule has 0 saturated heterocycles. The van der Waals surface area contributed by atoms with Crippen molar-refractivity contribution in [2.45, 2.75) is 18.1 Å². The number of rotatable bonds is 7. The molecule has 8 heteroatoms. The van der Waals surface area contributed by atoms with Crippen LogP contribution in [0.25, 0.3) is 10.9 Å². The molecule has 0 aliphatic heterocycles. The molecule has 1 amide bonds. The van der Waals surface area contributed by atoms with E-state index in [0.717, 1.165) is 5.56 Å². The van der Waals surface area contributed by atoms with Gasteiger partial charge in [-0.15, -0.1) is 0 Å². The minimum Gasteiger partial charge on any atom is -0.344 e. The summed E-state index contributed by atoms with van der Waals surface area (Å²) in [5.74, 6) is -0.00755. The fourth-order valence-electron chi connectivity index (χ4n) is 2.77. The Morgan fingerprint density at radius 1 is 1.28 bits per heavy atom. The van der Waals surface area contributed by atoms with E-state index >= 15 is 0 Å². The average molecular weight is 427 g/mol. The number of carbonyl (C=O) groups excluding carboxylic acids is 1. The molecule has 29 heavy (non-hydrogen) atoms. The van der Waals surface area contributed by atoms with Gasteiger partial charge in [0.25, 0.3) is 5.56 Å². The third-order valence-electron chi connectivity index (χ3n) is 4.38.